The summed E-state index contributed by atoms with van der Waals surface area (Å²) in [6, 6.07) is 10.1. The number of anilines is 1. The summed E-state index contributed by atoms with van der Waals surface area (Å²) in [5, 5.41) is 5.83. The highest BCUT2D eigenvalue weighted by Gasteiger charge is 2.51. The van der Waals surface area contributed by atoms with Crippen molar-refractivity contribution >= 4 is 22.4 Å². The first-order chi connectivity index (χ1) is 12.2. The van der Waals surface area contributed by atoms with E-state index in [1.54, 1.807) is 0 Å². The number of carbonyl (C=O) groups excluding carboxylic acids is 1. The molecule has 6 rings (SSSR count). The van der Waals surface area contributed by atoms with Crippen LogP contribution in [-0.2, 0) is 4.79 Å². The predicted molar refractivity (Wildman–Crippen MR) is 101 cm³/mol. The molecule has 0 spiro atoms. The molecule has 1 heterocycles. The van der Waals surface area contributed by atoms with Crippen molar-refractivity contribution in [2.75, 3.05) is 5.32 Å². The maximum Gasteiger partial charge on any atom is 0.226 e. The maximum atomic E-state index is 12.7. The lowest BCUT2D eigenvalue weighted by Gasteiger charge is -2.56. The molecule has 1 N–H and O–H groups in total. The molecule has 25 heavy (non-hydrogen) atoms. The van der Waals surface area contributed by atoms with Gasteiger partial charge in [0.25, 0.3) is 0 Å². The Labute approximate surface area is 152 Å². The average molecular weight is 353 g/mol. The molecule has 4 aliphatic carbocycles. The van der Waals surface area contributed by atoms with Crippen molar-refractivity contribution < 1.29 is 4.79 Å². The van der Waals surface area contributed by atoms with Crippen molar-refractivity contribution in [2.45, 2.75) is 44.9 Å². The molecule has 0 atom stereocenters. The van der Waals surface area contributed by atoms with Gasteiger partial charge >= 0.3 is 0 Å². The Kier molecular flexibility index (Phi) is 3.70. The van der Waals surface area contributed by atoms with Crippen LogP contribution in [0, 0.1) is 23.2 Å². The number of nitrogens with one attached hydrogen (secondary N) is 1. The van der Waals surface area contributed by atoms with Crippen molar-refractivity contribution in [2.24, 2.45) is 23.2 Å². The van der Waals surface area contributed by atoms with Gasteiger partial charge in [0.05, 0.1) is 5.69 Å². The Morgan fingerprint density at radius 2 is 1.72 bits per heavy atom. The molecule has 4 aliphatic rings. The van der Waals surface area contributed by atoms with Crippen LogP contribution in [0.25, 0.3) is 11.3 Å². The van der Waals surface area contributed by atoms with Crippen molar-refractivity contribution in [1.29, 1.82) is 0 Å². The zero-order valence-electron chi connectivity index (χ0n) is 14.4. The zero-order valence-corrected chi connectivity index (χ0v) is 15.2. The SMILES string of the molecule is O=C(CC12CC3CC(CC(C3)C1)C2)Nc1nc(-c2ccccc2)cs1. The Morgan fingerprint density at radius 1 is 1.08 bits per heavy atom. The highest BCUT2D eigenvalue weighted by Crippen LogP contribution is 2.61. The summed E-state index contributed by atoms with van der Waals surface area (Å²) in [6.45, 7) is 0. The minimum Gasteiger partial charge on any atom is -0.302 e. The molecule has 4 fully saturated rings. The Hall–Kier alpha value is -1.68. The molecule has 130 valence electrons. The van der Waals surface area contributed by atoms with Gasteiger partial charge in [0.2, 0.25) is 5.91 Å². The second-order valence-electron chi connectivity index (χ2n) is 8.55. The highest BCUT2D eigenvalue weighted by molar-refractivity contribution is 7.14. The number of hydrogen-bond donors (Lipinski definition) is 1. The highest BCUT2D eigenvalue weighted by atomic mass is 32.1. The summed E-state index contributed by atoms with van der Waals surface area (Å²) in [5.74, 6) is 2.84. The summed E-state index contributed by atoms with van der Waals surface area (Å²) < 4.78 is 0. The van der Waals surface area contributed by atoms with E-state index in [-0.39, 0.29) is 5.91 Å². The molecule has 4 heteroatoms. The third kappa shape index (κ3) is 3.01. The number of amides is 1. The van der Waals surface area contributed by atoms with Gasteiger partial charge in [-0.15, -0.1) is 11.3 Å². The number of rotatable bonds is 4. The number of nitrogens with zero attached hydrogens (tertiary/aromatic N) is 1. The fourth-order valence-electron chi connectivity index (χ4n) is 6.08. The van der Waals surface area contributed by atoms with E-state index in [0.29, 0.717) is 11.8 Å². The standard InChI is InChI=1S/C21H24N2OS/c24-19(12-21-9-14-6-15(10-21)8-16(7-14)11-21)23-20-22-18(13-25-20)17-4-2-1-3-5-17/h1-5,13-16H,6-12H2,(H,22,23,24). The molecule has 0 saturated heterocycles. The Morgan fingerprint density at radius 3 is 2.36 bits per heavy atom. The van der Waals surface area contributed by atoms with Crippen LogP contribution in [0.1, 0.15) is 44.9 Å². The van der Waals surface area contributed by atoms with Crippen LogP contribution in [-0.4, -0.2) is 10.9 Å². The van der Waals surface area contributed by atoms with Gasteiger partial charge in [0, 0.05) is 17.4 Å². The van der Waals surface area contributed by atoms with Crippen LogP contribution < -0.4 is 5.32 Å². The second-order valence-corrected chi connectivity index (χ2v) is 9.40. The lowest BCUT2D eigenvalue weighted by Crippen LogP contribution is -2.47. The quantitative estimate of drug-likeness (QED) is 0.805. The van der Waals surface area contributed by atoms with Crippen LogP contribution in [0.15, 0.2) is 35.7 Å². The fraction of sp³-hybridized carbons (Fsp3) is 0.524. The number of hydrogen-bond acceptors (Lipinski definition) is 3. The maximum absolute atomic E-state index is 12.7. The topological polar surface area (TPSA) is 42.0 Å². The average Bonchev–Trinajstić information content (AvgIpc) is 3.02. The molecule has 4 bridgehead atoms. The van der Waals surface area contributed by atoms with Gasteiger partial charge in [0.1, 0.15) is 0 Å². The van der Waals surface area contributed by atoms with Crippen LogP contribution in [0.2, 0.25) is 0 Å². The van der Waals surface area contributed by atoms with Gasteiger partial charge < -0.3 is 5.32 Å². The molecule has 3 nitrogen and oxygen atoms in total. The number of aromatic nitrogens is 1. The van der Waals surface area contributed by atoms with E-state index in [2.05, 4.69) is 22.4 Å². The summed E-state index contributed by atoms with van der Waals surface area (Å²) in [4.78, 5) is 17.3. The molecule has 1 amide bonds. The smallest absolute Gasteiger partial charge is 0.226 e. The summed E-state index contributed by atoms with van der Waals surface area (Å²) >= 11 is 1.52. The van der Waals surface area contributed by atoms with Crippen molar-refractivity contribution in [3.8, 4) is 11.3 Å². The van der Waals surface area contributed by atoms with Gasteiger partial charge in [-0.2, -0.15) is 0 Å². The molecule has 0 unspecified atom stereocenters. The Balaban J connectivity index is 1.26. The van der Waals surface area contributed by atoms with E-state index >= 15 is 0 Å². The van der Waals surface area contributed by atoms with Crippen molar-refractivity contribution in [3.05, 3.63) is 35.7 Å². The van der Waals surface area contributed by atoms with E-state index < -0.39 is 0 Å². The first-order valence-electron chi connectivity index (χ1n) is 9.48. The normalized spacial score (nSPS) is 32.7. The van der Waals surface area contributed by atoms with E-state index in [4.69, 9.17) is 0 Å². The zero-order chi connectivity index (χ0) is 16.9. The van der Waals surface area contributed by atoms with E-state index in [9.17, 15) is 4.79 Å². The molecule has 1 aromatic carbocycles. The second kappa shape index (κ2) is 5.94. The lowest BCUT2D eigenvalue weighted by molar-refractivity contribution is -0.124. The largest absolute Gasteiger partial charge is 0.302 e. The third-order valence-electron chi connectivity index (χ3n) is 6.52. The summed E-state index contributed by atoms with van der Waals surface area (Å²) in [5.41, 5.74) is 2.33. The minimum atomic E-state index is 0.163. The van der Waals surface area contributed by atoms with Gasteiger partial charge in [-0.3, -0.25) is 4.79 Å². The number of benzene rings is 1. The van der Waals surface area contributed by atoms with Crippen molar-refractivity contribution in [3.63, 3.8) is 0 Å². The first-order valence-corrected chi connectivity index (χ1v) is 10.4. The summed E-state index contributed by atoms with van der Waals surface area (Å²) in [7, 11) is 0. The van der Waals surface area contributed by atoms with Gasteiger partial charge in [-0.25, -0.2) is 4.98 Å². The number of carbonyl (C=O) groups is 1. The van der Waals surface area contributed by atoms with E-state index in [1.807, 2.05) is 23.6 Å². The number of thiazole rings is 1. The third-order valence-corrected chi connectivity index (χ3v) is 7.28. The van der Waals surface area contributed by atoms with E-state index in [0.717, 1.165) is 34.1 Å². The van der Waals surface area contributed by atoms with Gasteiger partial charge in [0.15, 0.2) is 5.13 Å². The Bertz CT molecular complexity index is 747. The molecule has 4 saturated carbocycles. The van der Waals surface area contributed by atoms with Crippen molar-refractivity contribution in [1.82, 2.24) is 4.98 Å². The summed E-state index contributed by atoms with van der Waals surface area (Å²) in [6.07, 6.45) is 8.80. The molecule has 0 aliphatic heterocycles. The minimum absolute atomic E-state index is 0.163. The van der Waals surface area contributed by atoms with Crippen LogP contribution in [0.4, 0.5) is 5.13 Å². The predicted octanol–water partition coefficient (Wildman–Crippen LogP) is 5.36. The molecular formula is C21H24N2OS. The molecular weight excluding hydrogens is 328 g/mol. The van der Waals surface area contributed by atoms with E-state index in [1.165, 1.54) is 49.9 Å². The van der Waals surface area contributed by atoms with Crippen LogP contribution >= 0.6 is 11.3 Å². The van der Waals surface area contributed by atoms with Crippen LogP contribution in [0.5, 0.6) is 0 Å². The van der Waals surface area contributed by atoms with Gasteiger partial charge in [-0.05, 0) is 61.7 Å². The lowest BCUT2D eigenvalue weighted by atomic mass is 9.49. The molecule has 1 aromatic heterocycles. The first kappa shape index (κ1) is 15.6. The molecule has 0 radical (unpaired) electrons. The monoisotopic (exact) mass is 352 g/mol. The fourth-order valence-corrected chi connectivity index (χ4v) is 6.82. The van der Waals surface area contributed by atoms with Crippen LogP contribution in [0.3, 0.4) is 0 Å². The molecule has 2 aromatic rings. The van der Waals surface area contributed by atoms with Gasteiger partial charge in [-0.1, -0.05) is 30.3 Å².